The van der Waals surface area contributed by atoms with Gasteiger partial charge in [-0.1, -0.05) is 0 Å². The van der Waals surface area contributed by atoms with Crippen LogP contribution in [0.1, 0.15) is 13.8 Å². The summed E-state index contributed by atoms with van der Waals surface area (Å²) in [5, 5.41) is -1.29. The first kappa shape index (κ1) is 16.3. The lowest BCUT2D eigenvalue weighted by atomic mass is 10.3. The molecule has 2 atom stereocenters. The van der Waals surface area contributed by atoms with E-state index in [1.165, 1.54) is 21.1 Å². The fourth-order valence-electron chi connectivity index (χ4n) is 1.21. The van der Waals surface area contributed by atoms with Gasteiger partial charge in [0.15, 0.2) is 11.5 Å². The van der Waals surface area contributed by atoms with E-state index in [-0.39, 0.29) is 0 Å². The van der Waals surface area contributed by atoms with E-state index in [2.05, 4.69) is 9.46 Å². The van der Waals surface area contributed by atoms with Crippen molar-refractivity contribution in [2.24, 2.45) is 0 Å². The molecule has 0 saturated heterocycles. The second-order valence-electron chi connectivity index (χ2n) is 3.46. The van der Waals surface area contributed by atoms with Crippen molar-refractivity contribution in [3.8, 4) is 0 Å². The molecule has 0 fully saturated rings. The third-order valence-electron chi connectivity index (χ3n) is 2.22. The SMILES string of the molecule is COC(=O)C(C)S(=O)(=O)NC(C)C(OC)OC. The first-order chi connectivity index (χ1) is 7.80. The van der Waals surface area contributed by atoms with Crippen molar-refractivity contribution in [1.29, 1.82) is 0 Å². The Morgan fingerprint density at radius 1 is 1.12 bits per heavy atom. The number of methoxy groups -OCH3 is 3. The molecule has 1 N–H and O–H groups in total. The van der Waals surface area contributed by atoms with Crippen LogP contribution in [0.25, 0.3) is 0 Å². The second kappa shape index (κ2) is 6.90. The number of hydrogen-bond donors (Lipinski definition) is 1. The maximum atomic E-state index is 11.8. The molecule has 0 aliphatic rings. The highest BCUT2D eigenvalue weighted by molar-refractivity contribution is 7.90. The fourth-order valence-corrected chi connectivity index (χ4v) is 2.40. The van der Waals surface area contributed by atoms with Crippen molar-refractivity contribution < 1.29 is 27.4 Å². The van der Waals surface area contributed by atoms with Crippen LogP contribution in [0.3, 0.4) is 0 Å². The maximum Gasteiger partial charge on any atom is 0.325 e. The van der Waals surface area contributed by atoms with Crippen molar-refractivity contribution in [2.75, 3.05) is 21.3 Å². The van der Waals surface area contributed by atoms with E-state index in [4.69, 9.17) is 9.47 Å². The zero-order chi connectivity index (χ0) is 13.6. The molecule has 2 unspecified atom stereocenters. The van der Waals surface area contributed by atoms with Gasteiger partial charge in [-0.25, -0.2) is 13.1 Å². The van der Waals surface area contributed by atoms with E-state index in [0.717, 1.165) is 7.11 Å². The van der Waals surface area contributed by atoms with Crippen LogP contribution in [-0.2, 0) is 29.0 Å². The summed E-state index contributed by atoms with van der Waals surface area (Å²) >= 11 is 0. The van der Waals surface area contributed by atoms with Crippen molar-refractivity contribution in [1.82, 2.24) is 4.72 Å². The number of ether oxygens (including phenoxy) is 3. The Labute approximate surface area is 101 Å². The Bertz CT molecular complexity index is 337. The van der Waals surface area contributed by atoms with Crippen LogP contribution in [0, 0.1) is 0 Å². The molecule has 102 valence electrons. The number of sulfonamides is 1. The van der Waals surface area contributed by atoms with Crippen LogP contribution in [-0.4, -0.2) is 53.3 Å². The van der Waals surface area contributed by atoms with Gasteiger partial charge in [0.2, 0.25) is 10.0 Å². The standard InChI is InChI=1S/C9H19NO6S/c1-6(9(15-4)16-5)10-17(12,13)7(2)8(11)14-3/h6-7,9-10H,1-5H3. The van der Waals surface area contributed by atoms with Gasteiger partial charge in [0, 0.05) is 14.2 Å². The number of carbonyl (C=O) groups is 1. The number of hydrogen-bond acceptors (Lipinski definition) is 6. The van der Waals surface area contributed by atoms with E-state index in [9.17, 15) is 13.2 Å². The van der Waals surface area contributed by atoms with E-state index in [0.29, 0.717) is 0 Å². The minimum Gasteiger partial charge on any atom is -0.468 e. The lowest BCUT2D eigenvalue weighted by molar-refractivity contribution is -0.139. The molecule has 0 aromatic rings. The first-order valence-electron chi connectivity index (χ1n) is 4.94. The molecule has 0 rings (SSSR count). The van der Waals surface area contributed by atoms with Crippen LogP contribution in [0.4, 0.5) is 0 Å². The van der Waals surface area contributed by atoms with E-state index in [1.807, 2.05) is 0 Å². The summed E-state index contributed by atoms with van der Waals surface area (Å²) in [6, 6.07) is -0.623. The minimum atomic E-state index is -3.82. The summed E-state index contributed by atoms with van der Waals surface area (Å²) in [6.07, 6.45) is -0.727. The van der Waals surface area contributed by atoms with Crippen molar-refractivity contribution >= 4 is 16.0 Å². The van der Waals surface area contributed by atoms with Gasteiger partial charge in [-0.05, 0) is 13.8 Å². The molecule has 7 nitrogen and oxygen atoms in total. The fraction of sp³-hybridized carbons (Fsp3) is 0.889. The number of esters is 1. The Morgan fingerprint density at radius 2 is 1.59 bits per heavy atom. The van der Waals surface area contributed by atoms with Crippen LogP contribution >= 0.6 is 0 Å². The molecule has 0 radical (unpaired) electrons. The molecule has 17 heavy (non-hydrogen) atoms. The van der Waals surface area contributed by atoms with Gasteiger partial charge in [0.05, 0.1) is 13.2 Å². The number of rotatable bonds is 7. The molecule has 0 spiro atoms. The molecule has 0 amide bonds. The number of carbonyl (C=O) groups excluding carboxylic acids is 1. The zero-order valence-corrected chi connectivity index (χ0v) is 11.4. The maximum absolute atomic E-state index is 11.8. The Kier molecular flexibility index (Phi) is 6.61. The molecular weight excluding hydrogens is 250 g/mol. The van der Waals surface area contributed by atoms with Gasteiger partial charge >= 0.3 is 5.97 Å². The average Bonchev–Trinajstić information content (AvgIpc) is 2.27. The van der Waals surface area contributed by atoms with Gasteiger partial charge in [0.25, 0.3) is 0 Å². The summed E-state index contributed by atoms with van der Waals surface area (Å²) < 4.78 is 40.0. The van der Waals surface area contributed by atoms with Crippen LogP contribution in [0.2, 0.25) is 0 Å². The van der Waals surface area contributed by atoms with E-state index >= 15 is 0 Å². The zero-order valence-electron chi connectivity index (χ0n) is 10.6. The first-order valence-corrected chi connectivity index (χ1v) is 6.49. The van der Waals surface area contributed by atoms with Crippen LogP contribution in [0.5, 0.6) is 0 Å². The van der Waals surface area contributed by atoms with Gasteiger partial charge in [-0.15, -0.1) is 0 Å². The largest absolute Gasteiger partial charge is 0.468 e. The van der Waals surface area contributed by atoms with Gasteiger partial charge in [-0.2, -0.15) is 0 Å². The Morgan fingerprint density at radius 3 is 1.94 bits per heavy atom. The predicted molar refractivity (Wildman–Crippen MR) is 60.8 cm³/mol. The lowest BCUT2D eigenvalue weighted by Crippen LogP contribution is -2.47. The summed E-state index contributed by atoms with van der Waals surface area (Å²) in [7, 11) is 0.0924. The molecule has 0 aliphatic carbocycles. The van der Waals surface area contributed by atoms with Crippen molar-refractivity contribution in [3.05, 3.63) is 0 Å². The summed E-state index contributed by atoms with van der Waals surface area (Å²) in [5.41, 5.74) is 0. The van der Waals surface area contributed by atoms with Crippen LogP contribution < -0.4 is 4.72 Å². The second-order valence-corrected chi connectivity index (χ2v) is 5.49. The number of nitrogens with one attached hydrogen (secondary N) is 1. The predicted octanol–water partition coefficient (Wildman–Crippen LogP) is -0.525. The molecular formula is C9H19NO6S. The minimum absolute atomic E-state index is 0.623. The molecule has 0 aromatic heterocycles. The van der Waals surface area contributed by atoms with E-state index < -0.39 is 33.6 Å². The normalized spacial score (nSPS) is 15.6. The van der Waals surface area contributed by atoms with Gasteiger partial charge in [0.1, 0.15) is 0 Å². The van der Waals surface area contributed by atoms with Crippen molar-refractivity contribution in [3.63, 3.8) is 0 Å². The Hall–Kier alpha value is -0.700. The third kappa shape index (κ3) is 4.58. The van der Waals surface area contributed by atoms with Crippen molar-refractivity contribution in [2.45, 2.75) is 31.4 Å². The molecule has 0 aliphatic heterocycles. The van der Waals surface area contributed by atoms with Gasteiger partial charge in [-0.3, -0.25) is 4.79 Å². The molecule has 0 heterocycles. The molecule has 0 bridgehead atoms. The molecule has 0 aromatic carbocycles. The Balaban J connectivity index is 4.70. The third-order valence-corrected chi connectivity index (χ3v) is 4.05. The highest BCUT2D eigenvalue weighted by atomic mass is 32.2. The summed E-state index contributed by atoms with van der Waals surface area (Å²) in [6.45, 7) is 2.81. The monoisotopic (exact) mass is 269 g/mol. The van der Waals surface area contributed by atoms with Gasteiger partial charge < -0.3 is 14.2 Å². The molecule has 0 saturated carbocycles. The topological polar surface area (TPSA) is 90.9 Å². The van der Waals surface area contributed by atoms with Crippen LogP contribution in [0.15, 0.2) is 0 Å². The molecule has 8 heteroatoms. The highest BCUT2D eigenvalue weighted by Gasteiger charge is 2.32. The summed E-state index contributed by atoms with van der Waals surface area (Å²) in [4.78, 5) is 11.1. The van der Waals surface area contributed by atoms with E-state index in [1.54, 1.807) is 6.92 Å². The average molecular weight is 269 g/mol. The summed E-state index contributed by atoms with van der Waals surface area (Å²) in [5.74, 6) is -0.823. The highest BCUT2D eigenvalue weighted by Crippen LogP contribution is 2.06. The smallest absolute Gasteiger partial charge is 0.325 e. The quantitative estimate of drug-likeness (QED) is 0.494. The lowest BCUT2D eigenvalue weighted by Gasteiger charge is -2.23.